The lowest BCUT2D eigenvalue weighted by Crippen LogP contribution is -2.23. The van der Waals surface area contributed by atoms with Crippen molar-refractivity contribution in [3.63, 3.8) is 0 Å². The summed E-state index contributed by atoms with van der Waals surface area (Å²) in [7, 11) is 9.99. The van der Waals surface area contributed by atoms with Gasteiger partial charge in [0.1, 0.15) is 0 Å². The first-order valence-electron chi connectivity index (χ1n) is 12.8. The molecule has 3 rings (SSSR count). The lowest BCUT2D eigenvalue weighted by Gasteiger charge is -2.21. The van der Waals surface area contributed by atoms with Crippen LogP contribution in [0.1, 0.15) is 31.1 Å². The molecule has 0 heterocycles. The minimum Gasteiger partial charge on any atom is -0.383 e. The van der Waals surface area contributed by atoms with Gasteiger partial charge in [0.25, 0.3) is 0 Å². The van der Waals surface area contributed by atoms with Gasteiger partial charge in [-0.1, -0.05) is 54.6 Å². The van der Waals surface area contributed by atoms with E-state index in [1.165, 1.54) is 0 Å². The third-order valence-corrected chi connectivity index (χ3v) is 8.12. The van der Waals surface area contributed by atoms with E-state index in [0.29, 0.717) is 16.7 Å². The normalized spacial score (nSPS) is 12.2. The Bertz CT molecular complexity index is 1280. The first kappa shape index (κ1) is 30.3. The molecule has 3 aromatic carbocycles. The molecule has 0 aliphatic carbocycles. The molecule has 0 fully saturated rings. The molecule has 3 aromatic rings. The molecule has 6 nitrogen and oxygen atoms in total. The third-order valence-electron chi connectivity index (χ3n) is 5.74. The van der Waals surface area contributed by atoms with Crippen LogP contribution in [0.5, 0.6) is 0 Å². The Labute approximate surface area is 238 Å². The summed E-state index contributed by atoms with van der Waals surface area (Å²) in [6.07, 6.45) is 9.83. The number of hydrogen-bond acceptors (Lipinski definition) is 6. The Hall–Kier alpha value is -4.28. The minimum absolute atomic E-state index is 0.0963. The Morgan fingerprint density at radius 3 is 1.02 bits per heavy atom. The standard InChI is InChI=1S/C33H36N3O3P/c1-34(2)19-16-31(37)25-10-7-13-28(22-25)40(29-14-8-11-26(23-29)32(38)17-20-35(3)4)30-15-9-12-27(24-30)33(39)18-21-36(5)6/h7-24H,1-6H3. The van der Waals surface area contributed by atoms with Crippen LogP contribution in [-0.4, -0.2) is 74.3 Å². The van der Waals surface area contributed by atoms with Crippen LogP contribution in [0, 0.1) is 0 Å². The zero-order valence-corrected chi connectivity index (χ0v) is 24.8. The van der Waals surface area contributed by atoms with E-state index in [9.17, 15) is 14.4 Å². The van der Waals surface area contributed by atoms with E-state index in [2.05, 4.69) is 0 Å². The number of nitrogens with zero attached hydrogens (tertiary/aromatic N) is 3. The Balaban J connectivity index is 2.14. The van der Waals surface area contributed by atoms with Crippen LogP contribution in [-0.2, 0) is 0 Å². The fraction of sp³-hybridized carbons (Fsp3) is 0.182. The maximum atomic E-state index is 12.9. The average Bonchev–Trinajstić information content (AvgIpc) is 2.94. The Morgan fingerprint density at radius 1 is 0.500 bits per heavy atom. The molecule has 0 unspecified atom stereocenters. The molecule has 0 N–H and O–H groups in total. The minimum atomic E-state index is -1.19. The highest BCUT2D eigenvalue weighted by molar-refractivity contribution is 7.79. The van der Waals surface area contributed by atoms with Crippen LogP contribution in [0.2, 0.25) is 0 Å². The molecule has 0 bridgehead atoms. The summed E-state index contributed by atoms with van der Waals surface area (Å²) in [5.41, 5.74) is 1.72. The first-order chi connectivity index (χ1) is 19.0. The smallest absolute Gasteiger partial charge is 0.187 e. The number of carbonyl (C=O) groups is 3. The second-order valence-electron chi connectivity index (χ2n) is 9.92. The summed E-state index contributed by atoms with van der Waals surface area (Å²) in [4.78, 5) is 44.2. The molecule has 206 valence electrons. The van der Waals surface area contributed by atoms with Gasteiger partial charge in [0.2, 0.25) is 0 Å². The third kappa shape index (κ3) is 8.62. The quantitative estimate of drug-likeness (QED) is 0.190. The van der Waals surface area contributed by atoms with Crippen molar-refractivity contribution in [1.82, 2.24) is 14.7 Å². The molecule has 40 heavy (non-hydrogen) atoms. The maximum Gasteiger partial charge on any atom is 0.187 e. The van der Waals surface area contributed by atoms with Gasteiger partial charge in [0.05, 0.1) is 0 Å². The van der Waals surface area contributed by atoms with Crippen LogP contribution >= 0.6 is 7.92 Å². The highest BCUT2D eigenvalue weighted by atomic mass is 31.1. The molecule has 0 saturated carbocycles. The van der Waals surface area contributed by atoms with Crippen LogP contribution in [0.3, 0.4) is 0 Å². The molecule has 0 aliphatic heterocycles. The van der Waals surface area contributed by atoms with Crippen molar-refractivity contribution < 1.29 is 14.4 Å². The highest BCUT2D eigenvalue weighted by Crippen LogP contribution is 2.34. The van der Waals surface area contributed by atoms with Crippen LogP contribution in [0.25, 0.3) is 0 Å². The van der Waals surface area contributed by atoms with Crippen molar-refractivity contribution in [3.8, 4) is 0 Å². The Morgan fingerprint density at radius 2 is 0.775 bits per heavy atom. The van der Waals surface area contributed by atoms with Crippen LogP contribution in [0.4, 0.5) is 0 Å². The lowest BCUT2D eigenvalue weighted by molar-refractivity contribution is 0.103. The molecule has 0 aliphatic rings. The molecule has 0 radical (unpaired) electrons. The molecule has 7 heteroatoms. The number of allylic oxidation sites excluding steroid dienone is 3. The molecule has 0 atom stereocenters. The fourth-order valence-corrected chi connectivity index (χ4v) is 6.19. The zero-order valence-electron chi connectivity index (χ0n) is 23.9. The largest absolute Gasteiger partial charge is 0.383 e. The second-order valence-corrected chi connectivity index (χ2v) is 12.1. The van der Waals surface area contributed by atoms with Gasteiger partial charge < -0.3 is 14.7 Å². The van der Waals surface area contributed by atoms with Gasteiger partial charge in [-0.3, -0.25) is 14.4 Å². The number of rotatable bonds is 12. The summed E-state index contributed by atoms with van der Waals surface area (Å²) < 4.78 is 0. The number of ketones is 3. The number of carbonyl (C=O) groups excluding carboxylic acids is 3. The van der Waals surface area contributed by atoms with E-state index >= 15 is 0 Å². The zero-order chi connectivity index (χ0) is 29.2. The summed E-state index contributed by atoms with van der Waals surface area (Å²) >= 11 is 0. The second kappa shape index (κ2) is 14.2. The summed E-state index contributed by atoms with van der Waals surface area (Å²) in [6.45, 7) is 0. The maximum absolute atomic E-state index is 12.9. The van der Waals surface area contributed by atoms with Gasteiger partial charge in [-0.25, -0.2) is 0 Å². The molecular formula is C33H36N3O3P. The van der Waals surface area contributed by atoms with E-state index in [1.807, 2.05) is 112 Å². The van der Waals surface area contributed by atoms with Crippen LogP contribution < -0.4 is 15.9 Å². The molecule has 0 amide bonds. The average molecular weight is 554 g/mol. The van der Waals surface area contributed by atoms with Gasteiger partial charge in [-0.2, -0.15) is 0 Å². The van der Waals surface area contributed by atoms with E-state index in [1.54, 1.807) is 55.0 Å². The molecule has 0 spiro atoms. The SMILES string of the molecule is CN(C)C=CC(=O)c1cccc(P(c2cccc(C(=O)C=CN(C)C)c2)c2cccc(C(=O)C=CN(C)C)c2)c1. The van der Waals surface area contributed by atoms with Crippen molar-refractivity contribution in [2.75, 3.05) is 42.3 Å². The Kier molecular flexibility index (Phi) is 10.7. The van der Waals surface area contributed by atoms with Crippen molar-refractivity contribution >= 4 is 41.2 Å². The van der Waals surface area contributed by atoms with Crippen molar-refractivity contribution in [3.05, 3.63) is 126 Å². The van der Waals surface area contributed by atoms with Crippen molar-refractivity contribution in [2.24, 2.45) is 0 Å². The molecule has 0 aromatic heterocycles. The molecular weight excluding hydrogens is 517 g/mol. The molecule has 0 saturated heterocycles. The van der Waals surface area contributed by atoms with Gasteiger partial charge in [0, 0.05) is 95.8 Å². The monoisotopic (exact) mass is 553 g/mol. The fourth-order valence-electron chi connectivity index (χ4n) is 3.78. The van der Waals surface area contributed by atoms with Gasteiger partial charge >= 0.3 is 0 Å². The van der Waals surface area contributed by atoms with E-state index in [-0.39, 0.29) is 17.3 Å². The summed E-state index contributed by atoms with van der Waals surface area (Å²) in [5, 5.41) is 2.84. The number of benzene rings is 3. The summed E-state index contributed by atoms with van der Waals surface area (Å²) in [5.74, 6) is -0.289. The first-order valence-corrected chi connectivity index (χ1v) is 14.2. The van der Waals surface area contributed by atoms with E-state index in [4.69, 9.17) is 0 Å². The van der Waals surface area contributed by atoms with Gasteiger partial charge in [0.15, 0.2) is 17.3 Å². The van der Waals surface area contributed by atoms with Crippen molar-refractivity contribution in [2.45, 2.75) is 0 Å². The van der Waals surface area contributed by atoms with E-state index < -0.39 is 7.92 Å². The predicted molar refractivity (Wildman–Crippen MR) is 167 cm³/mol. The van der Waals surface area contributed by atoms with Crippen molar-refractivity contribution in [1.29, 1.82) is 0 Å². The van der Waals surface area contributed by atoms with E-state index in [0.717, 1.165) is 15.9 Å². The lowest BCUT2D eigenvalue weighted by atomic mass is 10.1. The topological polar surface area (TPSA) is 60.9 Å². The highest BCUT2D eigenvalue weighted by Gasteiger charge is 2.20. The van der Waals surface area contributed by atoms with Gasteiger partial charge in [-0.15, -0.1) is 0 Å². The number of hydrogen-bond donors (Lipinski definition) is 0. The van der Waals surface area contributed by atoms with Crippen LogP contribution in [0.15, 0.2) is 110 Å². The predicted octanol–water partition coefficient (Wildman–Crippen LogP) is 4.22. The summed E-state index contributed by atoms with van der Waals surface area (Å²) in [6, 6.07) is 22.8. The van der Waals surface area contributed by atoms with Gasteiger partial charge in [-0.05, 0) is 42.0 Å².